The molecule has 0 radical (unpaired) electrons. The number of carbonyl (C=O) groups excluding carboxylic acids is 1. The summed E-state index contributed by atoms with van der Waals surface area (Å²) < 4.78 is 0.905. The SMILES string of the molecule is O=C(CCN1CCN(c2ccccn2)CC1)Nc1ccccc1Br. The topological polar surface area (TPSA) is 48.5 Å². The number of halogens is 1. The fourth-order valence-corrected chi connectivity index (χ4v) is 3.16. The lowest BCUT2D eigenvalue weighted by molar-refractivity contribution is -0.116. The van der Waals surface area contributed by atoms with Gasteiger partial charge >= 0.3 is 0 Å². The predicted molar refractivity (Wildman–Crippen MR) is 100 cm³/mol. The van der Waals surface area contributed by atoms with Crippen LogP contribution in [0.3, 0.4) is 0 Å². The van der Waals surface area contributed by atoms with E-state index in [1.165, 1.54) is 0 Å². The van der Waals surface area contributed by atoms with Crippen LogP contribution in [0.15, 0.2) is 53.1 Å². The Morgan fingerprint density at radius 1 is 1.08 bits per heavy atom. The van der Waals surface area contributed by atoms with Crippen molar-refractivity contribution in [1.82, 2.24) is 9.88 Å². The first kappa shape index (κ1) is 16.9. The van der Waals surface area contributed by atoms with Crippen molar-refractivity contribution in [2.75, 3.05) is 42.9 Å². The van der Waals surface area contributed by atoms with Crippen molar-refractivity contribution < 1.29 is 4.79 Å². The molecule has 5 nitrogen and oxygen atoms in total. The fourth-order valence-electron chi connectivity index (χ4n) is 2.78. The molecule has 0 atom stereocenters. The largest absolute Gasteiger partial charge is 0.354 e. The summed E-state index contributed by atoms with van der Waals surface area (Å²) in [6.07, 6.45) is 2.33. The molecule has 0 saturated carbocycles. The van der Waals surface area contributed by atoms with Gasteiger partial charge in [0.15, 0.2) is 0 Å². The van der Waals surface area contributed by atoms with E-state index in [-0.39, 0.29) is 5.91 Å². The van der Waals surface area contributed by atoms with Crippen molar-refractivity contribution >= 4 is 33.3 Å². The normalized spacial score (nSPS) is 15.3. The zero-order valence-electron chi connectivity index (χ0n) is 13.5. The lowest BCUT2D eigenvalue weighted by Gasteiger charge is -2.35. The van der Waals surface area contributed by atoms with Crippen molar-refractivity contribution in [2.45, 2.75) is 6.42 Å². The van der Waals surface area contributed by atoms with Crippen LogP contribution in [0.4, 0.5) is 11.5 Å². The third kappa shape index (κ3) is 4.55. The molecule has 0 bridgehead atoms. The Labute approximate surface area is 150 Å². The number of hydrogen-bond acceptors (Lipinski definition) is 4. The van der Waals surface area contributed by atoms with Gasteiger partial charge in [-0.05, 0) is 40.2 Å². The van der Waals surface area contributed by atoms with E-state index in [0.29, 0.717) is 6.42 Å². The predicted octanol–water partition coefficient (Wildman–Crippen LogP) is 2.99. The Hall–Kier alpha value is -1.92. The van der Waals surface area contributed by atoms with Crippen LogP contribution in [0, 0.1) is 0 Å². The number of carbonyl (C=O) groups is 1. The number of anilines is 2. The molecule has 1 saturated heterocycles. The molecule has 126 valence electrons. The van der Waals surface area contributed by atoms with Crippen molar-refractivity contribution in [2.24, 2.45) is 0 Å². The maximum Gasteiger partial charge on any atom is 0.225 e. The van der Waals surface area contributed by atoms with Gasteiger partial charge in [0.2, 0.25) is 5.91 Å². The molecule has 0 unspecified atom stereocenters. The van der Waals surface area contributed by atoms with Crippen LogP contribution in [-0.4, -0.2) is 48.5 Å². The zero-order valence-corrected chi connectivity index (χ0v) is 15.1. The van der Waals surface area contributed by atoms with Crippen LogP contribution in [0.2, 0.25) is 0 Å². The number of nitrogens with one attached hydrogen (secondary N) is 1. The van der Waals surface area contributed by atoms with Crippen molar-refractivity contribution in [3.05, 3.63) is 53.1 Å². The first-order valence-electron chi connectivity index (χ1n) is 8.15. The van der Waals surface area contributed by atoms with Gasteiger partial charge in [0.05, 0.1) is 5.69 Å². The Kier molecular flexibility index (Phi) is 5.82. The summed E-state index contributed by atoms with van der Waals surface area (Å²) in [5.74, 6) is 1.08. The fraction of sp³-hybridized carbons (Fsp3) is 0.333. The Balaban J connectivity index is 1.42. The van der Waals surface area contributed by atoms with Gasteiger partial charge in [-0.25, -0.2) is 4.98 Å². The molecular weight excluding hydrogens is 368 g/mol. The number of para-hydroxylation sites is 1. The third-order valence-corrected chi connectivity index (χ3v) is 4.84. The molecule has 2 aromatic rings. The highest BCUT2D eigenvalue weighted by Crippen LogP contribution is 2.21. The second kappa shape index (κ2) is 8.26. The van der Waals surface area contributed by atoms with E-state index in [4.69, 9.17) is 0 Å². The number of amides is 1. The van der Waals surface area contributed by atoms with E-state index < -0.39 is 0 Å². The molecule has 24 heavy (non-hydrogen) atoms. The van der Waals surface area contributed by atoms with Crippen molar-refractivity contribution in [1.29, 1.82) is 0 Å². The van der Waals surface area contributed by atoms with E-state index >= 15 is 0 Å². The van der Waals surface area contributed by atoms with Gasteiger partial charge < -0.3 is 10.2 Å². The molecule has 1 N–H and O–H groups in total. The lowest BCUT2D eigenvalue weighted by atomic mass is 10.2. The summed E-state index contributed by atoms with van der Waals surface area (Å²) >= 11 is 3.44. The summed E-state index contributed by atoms with van der Waals surface area (Å²) in [6.45, 7) is 4.59. The van der Waals surface area contributed by atoms with E-state index in [9.17, 15) is 4.79 Å². The van der Waals surface area contributed by atoms with Gasteiger partial charge in [-0.3, -0.25) is 9.69 Å². The molecule has 6 heteroatoms. The number of rotatable bonds is 5. The van der Waals surface area contributed by atoms with Crippen LogP contribution in [-0.2, 0) is 4.79 Å². The molecule has 0 spiro atoms. The highest BCUT2D eigenvalue weighted by atomic mass is 79.9. The Morgan fingerprint density at radius 2 is 1.83 bits per heavy atom. The van der Waals surface area contributed by atoms with E-state index in [1.807, 2.05) is 48.7 Å². The molecule has 1 aromatic carbocycles. The minimum Gasteiger partial charge on any atom is -0.354 e. The standard InChI is InChI=1S/C18H21BrN4O/c19-15-5-1-2-6-16(15)21-18(24)8-10-22-11-13-23(14-12-22)17-7-3-4-9-20-17/h1-7,9H,8,10-14H2,(H,21,24). The molecule has 0 aliphatic carbocycles. The number of hydrogen-bond donors (Lipinski definition) is 1. The maximum absolute atomic E-state index is 12.1. The second-order valence-electron chi connectivity index (χ2n) is 5.79. The number of benzene rings is 1. The summed E-state index contributed by atoms with van der Waals surface area (Å²) in [5.41, 5.74) is 0.822. The monoisotopic (exact) mass is 388 g/mol. The highest BCUT2D eigenvalue weighted by molar-refractivity contribution is 9.10. The smallest absolute Gasteiger partial charge is 0.225 e. The zero-order chi connectivity index (χ0) is 16.8. The van der Waals surface area contributed by atoms with Gasteiger partial charge in [-0.15, -0.1) is 0 Å². The molecule has 3 rings (SSSR count). The van der Waals surface area contributed by atoms with Crippen LogP contribution in [0.1, 0.15) is 6.42 Å². The summed E-state index contributed by atoms with van der Waals surface area (Å²) in [7, 11) is 0. The lowest BCUT2D eigenvalue weighted by Crippen LogP contribution is -2.47. The Morgan fingerprint density at radius 3 is 2.54 bits per heavy atom. The van der Waals surface area contributed by atoms with Gasteiger partial charge in [0.1, 0.15) is 5.82 Å². The molecule has 2 heterocycles. The maximum atomic E-state index is 12.1. The molecule has 1 aliphatic rings. The number of pyridine rings is 1. The first-order chi connectivity index (χ1) is 11.7. The van der Waals surface area contributed by atoms with Crippen LogP contribution in [0.25, 0.3) is 0 Å². The van der Waals surface area contributed by atoms with Crippen LogP contribution in [0.5, 0.6) is 0 Å². The highest BCUT2D eigenvalue weighted by Gasteiger charge is 2.18. The molecular formula is C18H21BrN4O. The summed E-state index contributed by atoms with van der Waals surface area (Å²) in [5, 5.41) is 2.95. The van der Waals surface area contributed by atoms with E-state index in [0.717, 1.165) is 48.7 Å². The van der Waals surface area contributed by atoms with E-state index in [1.54, 1.807) is 0 Å². The minimum atomic E-state index is 0.0501. The van der Waals surface area contributed by atoms with Gasteiger partial charge in [0, 0.05) is 49.8 Å². The average Bonchev–Trinajstić information content (AvgIpc) is 2.63. The molecule has 1 aliphatic heterocycles. The molecule has 1 fully saturated rings. The third-order valence-electron chi connectivity index (χ3n) is 4.15. The number of nitrogens with zero attached hydrogens (tertiary/aromatic N) is 3. The van der Waals surface area contributed by atoms with Crippen LogP contribution < -0.4 is 10.2 Å². The van der Waals surface area contributed by atoms with Crippen LogP contribution >= 0.6 is 15.9 Å². The Bertz CT molecular complexity index is 672. The first-order valence-corrected chi connectivity index (χ1v) is 8.94. The van der Waals surface area contributed by atoms with Crippen molar-refractivity contribution in [3.8, 4) is 0 Å². The number of aromatic nitrogens is 1. The molecule has 1 amide bonds. The summed E-state index contributed by atoms with van der Waals surface area (Å²) in [4.78, 5) is 21.1. The minimum absolute atomic E-state index is 0.0501. The van der Waals surface area contributed by atoms with Crippen molar-refractivity contribution in [3.63, 3.8) is 0 Å². The second-order valence-corrected chi connectivity index (χ2v) is 6.65. The quantitative estimate of drug-likeness (QED) is 0.854. The number of piperazine rings is 1. The van der Waals surface area contributed by atoms with Gasteiger partial charge in [0.25, 0.3) is 0 Å². The van der Waals surface area contributed by atoms with E-state index in [2.05, 4.69) is 36.0 Å². The summed E-state index contributed by atoms with van der Waals surface area (Å²) in [6, 6.07) is 13.7. The van der Waals surface area contributed by atoms with Gasteiger partial charge in [-0.1, -0.05) is 18.2 Å². The van der Waals surface area contributed by atoms with Gasteiger partial charge in [-0.2, -0.15) is 0 Å². The molecule has 1 aromatic heterocycles. The average molecular weight is 389 g/mol.